The van der Waals surface area contributed by atoms with Gasteiger partial charge in [0.05, 0.1) is 6.07 Å². The van der Waals surface area contributed by atoms with Crippen LogP contribution in [0.1, 0.15) is 6.92 Å². The topological polar surface area (TPSA) is 23.8 Å². The summed E-state index contributed by atoms with van der Waals surface area (Å²) in [4.78, 5) is 0. The molecule has 0 radical (unpaired) electrons. The maximum absolute atomic E-state index is 13.7. The van der Waals surface area contributed by atoms with Gasteiger partial charge in [0, 0.05) is 16.7 Å². The summed E-state index contributed by atoms with van der Waals surface area (Å²) in [5, 5.41) is 8.51. The summed E-state index contributed by atoms with van der Waals surface area (Å²) in [5.41, 5.74) is 1.09. The largest absolute Gasteiger partial charge is 0.206 e. The summed E-state index contributed by atoms with van der Waals surface area (Å²) in [6, 6.07) is 1.84. The van der Waals surface area contributed by atoms with Crippen LogP contribution in [0.4, 0.5) is 4.39 Å². The van der Waals surface area contributed by atoms with Gasteiger partial charge in [-0.05, 0) is 24.6 Å². The van der Waals surface area contributed by atoms with Crippen LogP contribution in [0.5, 0.6) is 0 Å². The van der Waals surface area contributed by atoms with Crippen LogP contribution in [0.15, 0.2) is 72.7 Å². The molecular weight excluding hydrogens is 225 g/mol. The van der Waals surface area contributed by atoms with Gasteiger partial charge in [0.2, 0.25) is 0 Å². The molecule has 0 spiro atoms. The van der Waals surface area contributed by atoms with Crippen molar-refractivity contribution in [2.75, 3.05) is 0 Å². The molecule has 0 aromatic carbocycles. The van der Waals surface area contributed by atoms with E-state index in [1.807, 2.05) is 6.07 Å². The van der Waals surface area contributed by atoms with Gasteiger partial charge in [-0.25, -0.2) is 4.39 Å². The maximum Gasteiger partial charge on any atom is 0.131 e. The van der Waals surface area contributed by atoms with E-state index in [9.17, 15) is 4.39 Å². The van der Waals surface area contributed by atoms with Crippen LogP contribution < -0.4 is 0 Å². The molecule has 0 aliphatic carbocycles. The Balaban J connectivity index is 4.85. The molecule has 0 N–H and O–H groups in total. The molecule has 0 unspecified atom stereocenters. The molecule has 0 aliphatic heterocycles. The zero-order chi connectivity index (χ0) is 14.1. The summed E-state index contributed by atoms with van der Waals surface area (Å²) in [6.45, 7) is 15.9. The van der Waals surface area contributed by atoms with Gasteiger partial charge in [0.25, 0.3) is 0 Å². The number of nitriles is 1. The third kappa shape index (κ3) is 5.49. The third-order valence-electron chi connectivity index (χ3n) is 1.89. The average Bonchev–Trinajstić information content (AvgIpc) is 2.34. The van der Waals surface area contributed by atoms with E-state index in [-0.39, 0.29) is 11.1 Å². The second kappa shape index (κ2) is 7.65. The number of nitrogens with zero attached hydrogens (tertiary/aromatic N) is 1. The van der Waals surface area contributed by atoms with Gasteiger partial charge < -0.3 is 0 Å². The predicted octanol–water partition coefficient (Wildman–Crippen LogP) is 4.17. The van der Waals surface area contributed by atoms with Crippen molar-refractivity contribution in [3.8, 4) is 17.9 Å². The Morgan fingerprint density at radius 3 is 2.22 bits per heavy atom. The molecular formula is C16H14FN. The zero-order valence-electron chi connectivity index (χ0n) is 10.4. The molecule has 0 fully saturated rings. The molecule has 0 heterocycles. The van der Waals surface area contributed by atoms with Gasteiger partial charge in [-0.1, -0.05) is 38.3 Å². The van der Waals surface area contributed by atoms with Gasteiger partial charge in [-0.3, -0.25) is 0 Å². The van der Waals surface area contributed by atoms with Gasteiger partial charge >= 0.3 is 0 Å². The molecule has 2 heteroatoms. The van der Waals surface area contributed by atoms with E-state index in [0.29, 0.717) is 11.1 Å². The molecule has 0 bridgehead atoms. The quantitative estimate of drug-likeness (QED) is 0.401. The van der Waals surface area contributed by atoms with Gasteiger partial charge in [-0.15, -0.1) is 5.92 Å². The Morgan fingerprint density at radius 1 is 1.11 bits per heavy atom. The Kier molecular flexibility index (Phi) is 6.56. The molecule has 0 aromatic rings. The van der Waals surface area contributed by atoms with E-state index in [0.717, 1.165) is 0 Å². The molecule has 0 saturated carbocycles. The minimum Gasteiger partial charge on any atom is -0.206 e. The number of halogens is 1. The minimum atomic E-state index is -0.556. The Labute approximate surface area is 108 Å². The molecule has 18 heavy (non-hydrogen) atoms. The van der Waals surface area contributed by atoms with Crippen LogP contribution in [0, 0.1) is 23.2 Å². The Hall–Kier alpha value is -2.58. The lowest BCUT2D eigenvalue weighted by molar-refractivity contribution is 0.656. The van der Waals surface area contributed by atoms with Crippen LogP contribution >= 0.6 is 0 Å². The lowest BCUT2D eigenvalue weighted by Crippen LogP contribution is -1.86. The summed E-state index contributed by atoms with van der Waals surface area (Å²) in [7, 11) is 0. The van der Waals surface area contributed by atoms with Crippen LogP contribution in [-0.4, -0.2) is 0 Å². The monoisotopic (exact) mass is 239 g/mol. The van der Waals surface area contributed by atoms with Crippen LogP contribution in [-0.2, 0) is 0 Å². The zero-order valence-corrected chi connectivity index (χ0v) is 10.4. The summed E-state index contributed by atoms with van der Waals surface area (Å²) < 4.78 is 13.7. The summed E-state index contributed by atoms with van der Waals surface area (Å²) in [6.07, 6.45) is 4.12. The Morgan fingerprint density at radius 2 is 1.72 bits per heavy atom. The van der Waals surface area contributed by atoms with Gasteiger partial charge in [0.15, 0.2) is 0 Å². The normalized spacial score (nSPS) is 10.2. The third-order valence-corrected chi connectivity index (χ3v) is 1.89. The van der Waals surface area contributed by atoms with Gasteiger partial charge in [-0.2, -0.15) is 5.26 Å². The van der Waals surface area contributed by atoms with Crippen LogP contribution in [0.2, 0.25) is 0 Å². The fourth-order valence-electron chi connectivity index (χ4n) is 0.929. The summed E-state index contributed by atoms with van der Waals surface area (Å²) >= 11 is 0. The maximum atomic E-state index is 13.7. The molecule has 0 saturated heterocycles. The SMILES string of the molecule is C=C(C#N)/C=C\C(=C)C(=C)/C(F)=C\C(=C)C#CC. The molecule has 1 nitrogen and oxygen atoms in total. The van der Waals surface area contributed by atoms with Crippen molar-refractivity contribution in [1.82, 2.24) is 0 Å². The van der Waals surface area contributed by atoms with E-state index >= 15 is 0 Å². The molecule has 0 aliphatic rings. The van der Waals surface area contributed by atoms with Gasteiger partial charge in [0.1, 0.15) is 5.83 Å². The highest BCUT2D eigenvalue weighted by atomic mass is 19.1. The molecule has 0 rings (SSSR count). The highest BCUT2D eigenvalue weighted by molar-refractivity contribution is 5.51. The molecule has 0 amide bonds. The molecule has 0 atom stereocenters. The summed E-state index contributed by atoms with van der Waals surface area (Å²) in [5.74, 6) is 4.68. The number of hydrogen-bond donors (Lipinski definition) is 0. The second-order valence-electron chi connectivity index (χ2n) is 3.37. The van der Waals surface area contributed by atoms with Crippen LogP contribution in [0.3, 0.4) is 0 Å². The number of rotatable bonds is 5. The van der Waals surface area contributed by atoms with Crippen molar-refractivity contribution in [3.05, 3.63) is 72.7 Å². The minimum absolute atomic E-state index is 0.121. The van der Waals surface area contributed by atoms with Crippen molar-refractivity contribution in [2.24, 2.45) is 0 Å². The number of hydrogen-bond acceptors (Lipinski definition) is 1. The first-order valence-corrected chi connectivity index (χ1v) is 5.06. The fourth-order valence-corrected chi connectivity index (χ4v) is 0.929. The van der Waals surface area contributed by atoms with Crippen molar-refractivity contribution >= 4 is 0 Å². The molecule has 90 valence electrons. The van der Waals surface area contributed by atoms with Crippen molar-refractivity contribution < 1.29 is 4.39 Å². The van der Waals surface area contributed by atoms with E-state index < -0.39 is 5.83 Å². The standard InChI is InChI=1S/C16H14FN/c1-6-7-12(2)10-16(17)15(5)14(4)9-8-13(3)11-18/h8-10H,2-5H2,1H3/b9-8-,16-10+. The van der Waals surface area contributed by atoms with E-state index in [1.165, 1.54) is 18.2 Å². The van der Waals surface area contributed by atoms with Crippen LogP contribution in [0.25, 0.3) is 0 Å². The van der Waals surface area contributed by atoms with Crippen molar-refractivity contribution in [3.63, 3.8) is 0 Å². The first-order chi connectivity index (χ1) is 8.42. The first-order valence-electron chi connectivity index (χ1n) is 5.06. The average molecular weight is 239 g/mol. The van der Waals surface area contributed by atoms with E-state index in [2.05, 4.69) is 38.2 Å². The van der Waals surface area contributed by atoms with E-state index in [1.54, 1.807) is 6.92 Å². The lowest BCUT2D eigenvalue weighted by Gasteiger charge is -2.02. The second-order valence-corrected chi connectivity index (χ2v) is 3.37. The van der Waals surface area contributed by atoms with Crippen molar-refractivity contribution in [1.29, 1.82) is 5.26 Å². The van der Waals surface area contributed by atoms with Crippen molar-refractivity contribution in [2.45, 2.75) is 6.92 Å². The number of allylic oxidation sites excluding steroid dienone is 8. The fraction of sp³-hybridized carbons (Fsp3) is 0.0625. The highest BCUT2D eigenvalue weighted by Crippen LogP contribution is 2.20. The smallest absolute Gasteiger partial charge is 0.131 e. The highest BCUT2D eigenvalue weighted by Gasteiger charge is 2.04. The predicted molar refractivity (Wildman–Crippen MR) is 74.0 cm³/mol. The lowest BCUT2D eigenvalue weighted by atomic mass is 10.1. The van der Waals surface area contributed by atoms with E-state index in [4.69, 9.17) is 5.26 Å². The first kappa shape index (κ1) is 15.4. The molecule has 0 aromatic heterocycles. The Bertz CT molecular complexity index is 554.